The van der Waals surface area contributed by atoms with E-state index in [1.807, 2.05) is 41.1 Å². The second-order valence-electron chi connectivity index (χ2n) is 9.28. The van der Waals surface area contributed by atoms with E-state index in [2.05, 4.69) is 59.6 Å². The number of methoxy groups -OCH3 is 2. The number of ether oxygens (including phenoxy) is 3. The van der Waals surface area contributed by atoms with Crippen LogP contribution in [0.2, 0.25) is 0 Å². The molecule has 6 rings (SSSR count). The van der Waals surface area contributed by atoms with E-state index in [0.29, 0.717) is 23.4 Å². The molecule has 7 nitrogen and oxygen atoms in total. The van der Waals surface area contributed by atoms with Crippen LogP contribution in [0.4, 0.5) is 5.95 Å². The van der Waals surface area contributed by atoms with Crippen LogP contribution < -0.4 is 19.5 Å². The molecule has 2 aliphatic rings. The number of hydrogen-bond donors (Lipinski definition) is 1. The maximum atomic E-state index is 6.74. The fourth-order valence-electron chi connectivity index (χ4n) is 5.18. The van der Waals surface area contributed by atoms with Gasteiger partial charge >= 0.3 is 0 Å². The topological polar surface area (TPSA) is 70.4 Å². The van der Waals surface area contributed by atoms with Gasteiger partial charge in [0.1, 0.15) is 18.1 Å². The van der Waals surface area contributed by atoms with Crippen molar-refractivity contribution in [3.63, 3.8) is 0 Å². The molecule has 2 unspecified atom stereocenters. The Balaban J connectivity index is 1.61. The van der Waals surface area contributed by atoms with Crippen molar-refractivity contribution in [2.75, 3.05) is 19.5 Å². The van der Waals surface area contributed by atoms with Gasteiger partial charge in [-0.05, 0) is 35.2 Å². The zero-order chi connectivity index (χ0) is 24.8. The van der Waals surface area contributed by atoms with Crippen LogP contribution in [-0.2, 0) is 0 Å². The minimum Gasteiger partial charge on any atom is -0.493 e. The number of hydrogen-bond acceptors (Lipinski definition) is 6. The molecule has 4 aromatic rings. The summed E-state index contributed by atoms with van der Waals surface area (Å²) in [7, 11) is 3.30. The SMILES string of the molecule is COc1cccc(C2Oc3ccccc3C3=C2C(c2ccc(C(C)C)cc2)n2ncnc2N3)c1OC. The van der Waals surface area contributed by atoms with E-state index >= 15 is 0 Å². The average molecular weight is 481 g/mol. The van der Waals surface area contributed by atoms with E-state index in [0.717, 1.165) is 33.7 Å². The van der Waals surface area contributed by atoms with Gasteiger partial charge in [0.25, 0.3) is 0 Å². The molecule has 0 spiro atoms. The Kier molecular flexibility index (Phi) is 5.40. The Hall–Kier alpha value is -4.26. The third-order valence-corrected chi connectivity index (χ3v) is 6.96. The molecule has 2 atom stereocenters. The summed E-state index contributed by atoms with van der Waals surface area (Å²) >= 11 is 0. The van der Waals surface area contributed by atoms with Crippen LogP contribution >= 0.6 is 0 Å². The molecular weight excluding hydrogens is 452 g/mol. The molecule has 7 heteroatoms. The molecule has 0 radical (unpaired) electrons. The van der Waals surface area contributed by atoms with Gasteiger partial charge in [0.05, 0.1) is 19.9 Å². The molecule has 0 aliphatic carbocycles. The Morgan fingerprint density at radius 2 is 1.75 bits per heavy atom. The number of aromatic nitrogens is 3. The smallest absolute Gasteiger partial charge is 0.226 e. The van der Waals surface area contributed by atoms with Crippen LogP contribution in [0.3, 0.4) is 0 Å². The number of benzene rings is 3. The number of fused-ring (bicyclic) bond motifs is 3. The van der Waals surface area contributed by atoms with E-state index in [1.165, 1.54) is 5.56 Å². The van der Waals surface area contributed by atoms with Gasteiger partial charge in [-0.1, -0.05) is 62.4 Å². The molecule has 36 heavy (non-hydrogen) atoms. The lowest BCUT2D eigenvalue weighted by atomic mass is 9.84. The minimum atomic E-state index is -0.445. The maximum Gasteiger partial charge on any atom is 0.226 e. The zero-order valence-electron chi connectivity index (χ0n) is 20.7. The van der Waals surface area contributed by atoms with E-state index in [-0.39, 0.29) is 6.04 Å². The lowest BCUT2D eigenvalue weighted by Crippen LogP contribution is -2.32. The second-order valence-corrected chi connectivity index (χ2v) is 9.28. The monoisotopic (exact) mass is 480 g/mol. The molecule has 182 valence electrons. The van der Waals surface area contributed by atoms with Crippen molar-refractivity contribution in [3.05, 3.63) is 101 Å². The highest BCUT2D eigenvalue weighted by molar-refractivity contribution is 5.85. The molecule has 3 heterocycles. The number of nitrogens with zero attached hydrogens (tertiary/aromatic N) is 3. The summed E-state index contributed by atoms with van der Waals surface area (Å²) in [6, 6.07) is 22.5. The lowest BCUT2D eigenvalue weighted by Gasteiger charge is -2.39. The maximum absolute atomic E-state index is 6.74. The summed E-state index contributed by atoms with van der Waals surface area (Å²) in [6.45, 7) is 4.40. The van der Waals surface area contributed by atoms with Crippen molar-refractivity contribution in [1.29, 1.82) is 0 Å². The van der Waals surface area contributed by atoms with E-state index in [4.69, 9.17) is 14.2 Å². The zero-order valence-corrected chi connectivity index (χ0v) is 20.7. The summed E-state index contributed by atoms with van der Waals surface area (Å²) in [5.74, 6) is 3.24. The van der Waals surface area contributed by atoms with Crippen molar-refractivity contribution in [3.8, 4) is 17.2 Å². The highest BCUT2D eigenvalue weighted by Gasteiger charge is 2.42. The van der Waals surface area contributed by atoms with Gasteiger partial charge in [0, 0.05) is 16.7 Å². The third kappa shape index (κ3) is 3.42. The summed E-state index contributed by atoms with van der Waals surface area (Å²) < 4.78 is 20.1. The molecule has 3 aromatic carbocycles. The number of anilines is 1. The van der Waals surface area contributed by atoms with E-state index in [9.17, 15) is 0 Å². The Morgan fingerprint density at radius 1 is 0.944 bits per heavy atom. The summed E-state index contributed by atoms with van der Waals surface area (Å²) in [5, 5.41) is 8.17. The van der Waals surface area contributed by atoms with Crippen molar-refractivity contribution in [2.45, 2.75) is 31.9 Å². The van der Waals surface area contributed by atoms with E-state index < -0.39 is 6.10 Å². The van der Waals surface area contributed by atoms with Crippen molar-refractivity contribution >= 4 is 11.6 Å². The molecular formula is C29H28N4O3. The molecule has 0 bridgehead atoms. The van der Waals surface area contributed by atoms with Crippen LogP contribution in [0.15, 0.2) is 78.6 Å². The minimum absolute atomic E-state index is 0.228. The van der Waals surface area contributed by atoms with Crippen LogP contribution in [0.25, 0.3) is 5.70 Å². The quantitative estimate of drug-likeness (QED) is 0.379. The van der Waals surface area contributed by atoms with E-state index in [1.54, 1.807) is 20.5 Å². The number of para-hydroxylation sites is 2. The van der Waals surface area contributed by atoms with Crippen LogP contribution in [-0.4, -0.2) is 29.0 Å². The fourth-order valence-corrected chi connectivity index (χ4v) is 5.18. The van der Waals surface area contributed by atoms with Gasteiger partial charge in [-0.3, -0.25) is 0 Å². The van der Waals surface area contributed by atoms with Gasteiger partial charge in [-0.25, -0.2) is 4.68 Å². The standard InChI is InChI=1S/C29H28N4O3/c1-17(2)18-12-14-19(15-13-18)26-24-25(32-29-30-16-31-33(26)29)20-8-5-6-10-22(20)36-28(24)21-9-7-11-23(34-3)27(21)35-4/h5-17,26,28H,1-4H3,(H,30,31,32). The second kappa shape index (κ2) is 8.75. The first-order valence-corrected chi connectivity index (χ1v) is 12.1. The lowest BCUT2D eigenvalue weighted by molar-refractivity contribution is 0.216. The van der Waals surface area contributed by atoms with Crippen molar-refractivity contribution < 1.29 is 14.2 Å². The normalized spacial score (nSPS) is 18.0. The van der Waals surface area contributed by atoms with Crippen molar-refractivity contribution in [1.82, 2.24) is 14.8 Å². The van der Waals surface area contributed by atoms with Gasteiger partial charge in [-0.2, -0.15) is 10.1 Å². The molecule has 0 amide bonds. The molecule has 2 aliphatic heterocycles. The van der Waals surface area contributed by atoms with Gasteiger partial charge in [0.15, 0.2) is 17.6 Å². The average Bonchev–Trinajstić information content (AvgIpc) is 3.39. The largest absolute Gasteiger partial charge is 0.493 e. The third-order valence-electron chi connectivity index (χ3n) is 6.96. The predicted octanol–water partition coefficient (Wildman–Crippen LogP) is 5.98. The van der Waals surface area contributed by atoms with Gasteiger partial charge in [-0.15, -0.1) is 0 Å². The van der Waals surface area contributed by atoms with Gasteiger partial charge in [0.2, 0.25) is 5.95 Å². The molecule has 0 saturated heterocycles. The van der Waals surface area contributed by atoms with Crippen LogP contribution in [0, 0.1) is 0 Å². The first kappa shape index (κ1) is 22.2. The highest BCUT2D eigenvalue weighted by atomic mass is 16.5. The highest BCUT2D eigenvalue weighted by Crippen LogP contribution is 2.52. The number of nitrogens with one attached hydrogen (secondary N) is 1. The first-order chi connectivity index (χ1) is 17.6. The predicted molar refractivity (Wildman–Crippen MR) is 139 cm³/mol. The van der Waals surface area contributed by atoms with Crippen LogP contribution in [0.5, 0.6) is 17.2 Å². The number of rotatable bonds is 5. The Morgan fingerprint density at radius 3 is 2.50 bits per heavy atom. The first-order valence-electron chi connectivity index (χ1n) is 12.1. The summed E-state index contributed by atoms with van der Waals surface area (Å²) in [4.78, 5) is 4.52. The van der Waals surface area contributed by atoms with Crippen LogP contribution in [0.1, 0.15) is 54.2 Å². The fraction of sp³-hybridized carbons (Fsp3) is 0.241. The summed E-state index contributed by atoms with van der Waals surface area (Å²) in [5.41, 5.74) is 6.28. The van der Waals surface area contributed by atoms with Crippen molar-refractivity contribution in [2.24, 2.45) is 0 Å². The Bertz CT molecular complexity index is 1460. The Labute approximate surface area is 210 Å². The molecule has 1 N–H and O–H groups in total. The molecule has 0 fully saturated rings. The van der Waals surface area contributed by atoms with Gasteiger partial charge < -0.3 is 19.5 Å². The molecule has 1 aromatic heterocycles. The molecule has 0 saturated carbocycles. The summed E-state index contributed by atoms with van der Waals surface area (Å²) in [6.07, 6.45) is 1.14.